The van der Waals surface area contributed by atoms with E-state index in [1.807, 2.05) is 0 Å². The Morgan fingerprint density at radius 1 is 1.33 bits per heavy atom. The van der Waals surface area contributed by atoms with Gasteiger partial charge in [0.2, 0.25) is 0 Å². The van der Waals surface area contributed by atoms with Gasteiger partial charge in [0.1, 0.15) is 12.7 Å². The molecule has 1 aliphatic heterocycles. The highest BCUT2D eigenvalue weighted by molar-refractivity contribution is 5.61. The first kappa shape index (κ1) is 18.7. The van der Waals surface area contributed by atoms with Crippen molar-refractivity contribution in [1.29, 1.82) is 0 Å². The molecule has 1 rings (SSSR count). The summed E-state index contributed by atoms with van der Waals surface area (Å²) in [5, 5.41) is 13.9. The van der Waals surface area contributed by atoms with Gasteiger partial charge in [-0.3, -0.25) is 0 Å². The Bertz CT molecular complexity index is 173. The molecule has 0 aromatic carbocycles. The zero-order valence-corrected chi connectivity index (χ0v) is 8.64. The van der Waals surface area contributed by atoms with Gasteiger partial charge in [-0.1, -0.05) is 0 Å². The molecule has 6 nitrogen and oxygen atoms in total. The molecule has 0 spiro atoms. The minimum Gasteiger partial charge on any atom is -0.450 e. The Morgan fingerprint density at radius 2 is 1.67 bits per heavy atom. The summed E-state index contributed by atoms with van der Waals surface area (Å²) >= 11 is 0. The van der Waals surface area contributed by atoms with E-state index in [4.69, 9.17) is 15.0 Å². The average molecular weight is 220 g/mol. The smallest absolute Gasteiger partial charge is 0.450 e. The van der Waals surface area contributed by atoms with E-state index < -0.39 is 12.3 Å². The summed E-state index contributed by atoms with van der Waals surface area (Å²) in [7, 11) is 0. The number of rotatable bonds is 0. The van der Waals surface area contributed by atoms with Crippen molar-refractivity contribution in [2.24, 2.45) is 0 Å². The van der Waals surface area contributed by atoms with Crippen molar-refractivity contribution in [2.45, 2.75) is 13.0 Å². The summed E-state index contributed by atoms with van der Waals surface area (Å²) in [5.41, 5.74) is 0. The van der Waals surface area contributed by atoms with Gasteiger partial charge in [-0.15, -0.1) is 26.3 Å². The van der Waals surface area contributed by atoms with Crippen LogP contribution in [0.2, 0.25) is 0 Å². The van der Waals surface area contributed by atoms with Gasteiger partial charge in [0.05, 0.1) is 0 Å². The zero-order valence-electron chi connectivity index (χ0n) is 8.64. The fourth-order valence-corrected chi connectivity index (χ4v) is 0.418. The molecule has 0 aromatic heterocycles. The van der Waals surface area contributed by atoms with Gasteiger partial charge in [-0.25, -0.2) is 9.59 Å². The minimum atomic E-state index is -1.83. The number of carboxylic acid groups (broad SMARTS) is 2. The Balaban J connectivity index is -0.000000156. The minimum absolute atomic E-state index is 0.0486. The molecule has 0 amide bonds. The molecule has 0 saturated carbocycles. The highest BCUT2D eigenvalue weighted by atomic mass is 16.8. The maximum absolute atomic E-state index is 10.0. The molecule has 6 heteroatoms. The van der Waals surface area contributed by atoms with E-state index in [1.54, 1.807) is 6.92 Å². The molecule has 1 fully saturated rings. The molecular weight excluding hydrogens is 204 g/mol. The summed E-state index contributed by atoms with van der Waals surface area (Å²) in [6, 6.07) is 0. The lowest BCUT2D eigenvalue weighted by Gasteiger charge is -1.90. The Kier molecular flexibility index (Phi) is 18.2. The van der Waals surface area contributed by atoms with E-state index >= 15 is 0 Å². The first-order valence-electron chi connectivity index (χ1n) is 3.77. The monoisotopic (exact) mass is 220 g/mol. The average Bonchev–Trinajstić information content (AvgIpc) is 2.56. The molecule has 1 atom stereocenters. The van der Waals surface area contributed by atoms with Gasteiger partial charge in [0.25, 0.3) is 0 Å². The highest BCUT2D eigenvalue weighted by Crippen LogP contribution is 2.02. The van der Waals surface area contributed by atoms with Crippen LogP contribution in [0.4, 0.5) is 9.59 Å². The molecule has 1 unspecified atom stereocenters. The summed E-state index contributed by atoms with van der Waals surface area (Å²) in [4.78, 5) is 18.6. The standard InChI is InChI=1S/C4H6O3.2C2H4.CH2O3/c1-3-2-6-4(5)7-3;2*1-2;2-1(3)4/h3H,2H2,1H3;2*1-2H2;(H2,2,3,4). The number of ether oxygens (including phenoxy) is 2. The van der Waals surface area contributed by atoms with Crippen LogP contribution in [-0.2, 0) is 9.47 Å². The topological polar surface area (TPSA) is 93.1 Å². The number of cyclic esters (lactones) is 2. The number of carbonyl (C=O) groups excluding carboxylic acids is 1. The van der Waals surface area contributed by atoms with E-state index in [2.05, 4.69) is 35.8 Å². The molecule has 1 aliphatic rings. The molecule has 0 aliphatic carbocycles. The van der Waals surface area contributed by atoms with Crippen LogP contribution in [0.5, 0.6) is 0 Å². The highest BCUT2D eigenvalue weighted by Gasteiger charge is 2.19. The maximum atomic E-state index is 10.0. The third-order valence-electron chi connectivity index (χ3n) is 0.733. The zero-order chi connectivity index (χ0) is 12.9. The molecule has 0 radical (unpaired) electrons. The van der Waals surface area contributed by atoms with Gasteiger partial charge in [0, 0.05) is 0 Å². The predicted molar refractivity (Wildman–Crippen MR) is 55.1 cm³/mol. The van der Waals surface area contributed by atoms with Crippen LogP contribution >= 0.6 is 0 Å². The summed E-state index contributed by atoms with van der Waals surface area (Å²) in [6.45, 7) is 14.2. The molecular formula is C9H16O6. The second-order valence-corrected chi connectivity index (χ2v) is 1.77. The van der Waals surface area contributed by atoms with Crippen molar-refractivity contribution in [1.82, 2.24) is 0 Å². The summed E-state index contributed by atoms with van der Waals surface area (Å²) < 4.78 is 8.90. The molecule has 15 heavy (non-hydrogen) atoms. The van der Waals surface area contributed by atoms with Gasteiger partial charge >= 0.3 is 12.3 Å². The second kappa shape index (κ2) is 14.5. The van der Waals surface area contributed by atoms with Crippen molar-refractivity contribution in [2.75, 3.05) is 6.61 Å². The van der Waals surface area contributed by atoms with Gasteiger partial charge in [0.15, 0.2) is 0 Å². The van der Waals surface area contributed by atoms with Crippen LogP contribution in [-0.4, -0.2) is 35.2 Å². The Labute approximate surface area is 88.4 Å². The maximum Gasteiger partial charge on any atom is 0.508 e. The lowest BCUT2D eigenvalue weighted by Crippen LogP contribution is -2.01. The van der Waals surface area contributed by atoms with Crippen molar-refractivity contribution in [3.63, 3.8) is 0 Å². The number of hydrogen-bond acceptors (Lipinski definition) is 4. The van der Waals surface area contributed by atoms with Gasteiger partial charge < -0.3 is 19.7 Å². The van der Waals surface area contributed by atoms with Crippen LogP contribution < -0.4 is 0 Å². The van der Waals surface area contributed by atoms with Crippen molar-refractivity contribution >= 4 is 12.3 Å². The van der Waals surface area contributed by atoms with E-state index in [0.717, 1.165) is 0 Å². The lowest BCUT2D eigenvalue weighted by atomic mass is 10.5. The first-order valence-corrected chi connectivity index (χ1v) is 3.77. The third-order valence-corrected chi connectivity index (χ3v) is 0.733. The summed E-state index contributed by atoms with van der Waals surface area (Å²) in [5.74, 6) is 0. The molecule has 1 saturated heterocycles. The third kappa shape index (κ3) is 24.5. The van der Waals surface area contributed by atoms with Crippen LogP contribution in [0.25, 0.3) is 0 Å². The van der Waals surface area contributed by atoms with Crippen molar-refractivity contribution in [3.05, 3.63) is 26.3 Å². The number of carbonyl (C=O) groups is 2. The Morgan fingerprint density at radius 3 is 1.73 bits per heavy atom. The molecule has 88 valence electrons. The second-order valence-electron chi connectivity index (χ2n) is 1.77. The largest absolute Gasteiger partial charge is 0.508 e. The molecule has 0 bridgehead atoms. The quantitative estimate of drug-likeness (QED) is 0.480. The fourth-order valence-electron chi connectivity index (χ4n) is 0.418. The lowest BCUT2D eigenvalue weighted by molar-refractivity contribution is 0.121. The van der Waals surface area contributed by atoms with E-state index in [1.165, 1.54) is 0 Å². The molecule has 0 aromatic rings. The number of hydrogen-bond donors (Lipinski definition) is 2. The Hall–Kier alpha value is -1.98. The van der Waals surface area contributed by atoms with Crippen molar-refractivity contribution in [3.8, 4) is 0 Å². The first-order chi connectivity index (χ1) is 7.02. The fraction of sp³-hybridized carbons (Fsp3) is 0.333. The van der Waals surface area contributed by atoms with Gasteiger partial charge in [-0.05, 0) is 6.92 Å². The molecule has 2 N–H and O–H groups in total. The van der Waals surface area contributed by atoms with E-state index in [9.17, 15) is 4.79 Å². The van der Waals surface area contributed by atoms with Crippen LogP contribution in [0, 0.1) is 0 Å². The van der Waals surface area contributed by atoms with Gasteiger partial charge in [-0.2, -0.15) is 0 Å². The SMILES string of the molecule is C=C.C=C.CC1COC(=O)O1.O=C(O)O. The van der Waals surface area contributed by atoms with E-state index in [-0.39, 0.29) is 6.10 Å². The van der Waals surface area contributed by atoms with Crippen LogP contribution in [0.15, 0.2) is 26.3 Å². The molecule has 1 heterocycles. The normalized spacial score (nSPS) is 15.8. The summed E-state index contributed by atoms with van der Waals surface area (Å²) in [6.07, 6.45) is -2.43. The predicted octanol–water partition coefficient (Wildman–Crippen LogP) is 2.37. The van der Waals surface area contributed by atoms with E-state index in [0.29, 0.717) is 6.61 Å². The van der Waals surface area contributed by atoms with Crippen molar-refractivity contribution < 1.29 is 29.3 Å². The van der Waals surface area contributed by atoms with Crippen LogP contribution in [0.1, 0.15) is 6.92 Å². The van der Waals surface area contributed by atoms with Crippen LogP contribution in [0.3, 0.4) is 0 Å².